The van der Waals surface area contributed by atoms with Gasteiger partial charge in [-0.05, 0) is 36.3 Å². The number of nitriles is 1. The summed E-state index contributed by atoms with van der Waals surface area (Å²) in [6, 6.07) is 19.1. The Balaban J connectivity index is 2.02. The zero-order chi connectivity index (χ0) is 20.9. The number of carbonyl (C=O) groups is 1. The van der Waals surface area contributed by atoms with Crippen molar-refractivity contribution < 1.29 is 14.3 Å². The van der Waals surface area contributed by atoms with E-state index in [2.05, 4.69) is 11.4 Å². The van der Waals surface area contributed by atoms with E-state index in [1.807, 2.05) is 35.2 Å². The molecule has 2 aromatic carbocycles. The maximum atomic E-state index is 12.8. The molecule has 0 bridgehead atoms. The molecule has 0 fully saturated rings. The van der Waals surface area contributed by atoms with Crippen molar-refractivity contribution in [1.29, 1.82) is 5.26 Å². The van der Waals surface area contributed by atoms with E-state index >= 15 is 0 Å². The number of carbonyl (C=O) groups excluding carboxylic acids is 1. The van der Waals surface area contributed by atoms with Crippen LogP contribution < -0.4 is 10.1 Å². The second-order valence-electron chi connectivity index (χ2n) is 6.23. The largest absolute Gasteiger partial charge is 0.490 e. The predicted molar refractivity (Wildman–Crippen MR) is 116 cm³/mol. The van der Waals surface area contributed by atoms with Gasteiger partial charge in [-0.3, -0.25) is 10.1 Å². The molecule has 0 aliphatic rings. The van der Waals surface area contributed by atoms with Crippen LogP contribution in [0.2, 0.25) is 0 Å². The monoisotopic (exact) mass is 411 g/mol. The van der Waals surface area contributed by atoms with E-state index in [4.69, 9.17) is 27.0 Å². The number of methoxy groups -OCH3 is 1. The standard InChI is InChI=1S/C22H25N3O3S/c1-27-16-17-28-20-11-6-5-10-19(20)21(26)24-22(29)25(14-7-13-23)15-12-18-8-3-2-4-9-18/h2-6,8-11H,7,12,14-17H2,1H3,(H,24,26,29). The van der Waals surface area contributed by atoms with Crippen molar-refractivity contribution in [3.8, 4) is 11.8 Å². The van der Waals surface area contributed by atoms with Crippen molar-refractivity contribution in [2.24, 2.45) is 0 Å². The van der Waals surface area contributed by atoms with Gasteiger partial charge in [0, 0.05) is 20.2 Å². The predicted octanol–water partition coefficient (Wildman–Crippen LogP) is 3.18. The number of thiocarbonyl (C=S) groups is 1. The molecule has 2 aromatic rings. The highest BCUT2D eigenvalue weighted by Crippen LogP contribution is 2.18. The molecule has 0 radical (unpaired) electrons. The van der Waals surface area contributed by atoms with E-state index in [-0.39, 0.29) is 5.91 Å². The average molecular weight is 412 g/mol. The number of hydrogen-bond acceptors (Lipinski definition) is 5. The van der Waals surface area contributed by atoms with Gasteiger partial charge in [-0.2, -0.15) is 5.26 Å². The van der Waals surface area contributed by atoms with Crippen LogP contribution in [0.1, 0.15) is 22.3 Å². The van der Waals surface area contributed by atoms with E-state index < -0.39 is 0 Å². The third-order valence-electron chi connectivity index (χ3n) is 4.19. The Morgan fingerprint density at radius 3 is 2.55 bits per heavy atom. The molecule has 0 heterocycles. The SMILES string of the molecule is COCCOc1ccccc1C(=O)NC(=S)N(CCC#N)CCc1ccccc1. The first-order valence-corrected chi connectivity index (χ1v) is 9.78. The number of amides is 1. The molecule has 0 spiro atoms. The minimum Gasteiger partial charge on any atom is -0.490 e. The van der Waals surface area contributed by atoms with Gasteiger partial charge >= 0.3 is 0 Å². The first-order valence-electron chi connectivity index (χ1n) is 9.37. The van der Waals surface area contributed by atoms with E-state index in [9.17, 15) is 4.79 Å². The van der Waals surface area contributed by atoms with E-state index in [0.717, 1.165) is 6.42 Å². The minimum atomic E-state index is -0.343. The van der Waals surface area contributed by atoms with Crippen LogP contribution in [0, 0.1) is 11.3 Å². The average Bonchev–Trinajstić information content (AvgIpc) is 2.75. The summed E-state index contributed by atoms with van der Waals surface area (Å²) in [5, 5.41) is 12.0. The van der Waals surface area contributed by atoms with Crippen molar-refractivity contribution in [3.63, 3.8) is 0 Å². The summed E-state index contributed by atoms with van der Waals surface area (Å²) in [7, 11) is 1.59. The summed E-state index contributed by atoms with van der Waals surface area (Å²) in [6.07, 6.45) is 1.08. The fourth-order valence-electron chi connectivity index (χ4n) is 2.67. The molecule has 152 valence electrons. The van der Waals surface area contributed by atoms with Crippen molar-refractivity contribution in [2.45, 2.75) is 12.8 Å². The fourth-order valence-corrected chi connectivity index (χ4v) is 2.94. The van der Waals surface area contributed by atoms with Crippen LogP contribution >= 0.6 is 12.2 Å². The van der Waals surface area contributed by atoms with Crippen molar-refractivity contribution >= 4 is 23.2 Å². The number of nitrogens with zero attached hydrogens (tertiary/aromatic N) is 2. The number of ether oxygens (including phenoxy) is 2. The molecule has 0 aliphatic heterocycles. The van der Waals surface area contributed by atoms with Gasteiger partial charge in [0.15, 0.2) is 5.11 Å². The Hall–Kier alpha value is -2.95. The van der Waals surface area contributed by atoms with Crippen molar-refractivity contribution in [1.82, 2.24) is 10.2 Å². The van der Waals surface area contributed by atoms with Crippen molar-refractivity contribution in [2.75, 3.05) is 33.4 Å². The summed E-state index contributed by atoms with van der Waals surface area (Å²) in [5.41, 5.74) is 1.56. The Morgan fingerprint density at radius 2 is 1.83 bits per heavy atom. The quantitative estimate of drug-likeness (QED) is 0.478. The zero-order valence-corrected chi connectivity index (χ0v) is 17.3. The molecule has 0 atom stereocenters. The lowest BCUT2D eigenvalue weighted by Gasteiger charge is -2.24. The summed E-state index contributed by atoms with van der Waals surface area (Å²) in [6.45, 7) is 1.83. The van der Waals surface area contributed by atoms with Crippen LogP contribution in [0.5, 0.6) is 5.75 Å². The van der Waals surface area contributed by atoms with E-state index in [1.54, 1.807) is 31.4 Å². The van der Waals surface area contributed by atoms with Gasteiger partial charge in [0.2, 0.25) is 0 Å². The second kappa shape index (κ2) is 12.5. The highest BCUT2D eigenvalue weighted by atomic mass is 32.1. The Bertz CT molecular complexity index is 837. The Labute approximate surface area is 177 Å². The van der Waals surface area contributed by atoms with Crippen LogP contribution in [-0.2, 0) is 11.2 Å². The molecule has 0 aromatic heterocycles. The maximum Gasteiger partial charge on any atom is 0.261 e. The van der Waals surface area contributed by atoms with Gasteiger partial charge in [0.25, 0.3) is 5.91 Å². The van der Waals surface area contributed by atoms with Gasteiger partial charge in [0.05, 0.1) is 24.7 Å². The molecular weight excluding hydrogens is 386 g/mol. The molecule has 0 unspecified atom stereocenters. The molecule has 0 saturated heterocycles. The van der Waals surface area contributed by atoms with Crippen molar-refractivity contribution in [3.05, 3.63) is 65.7 Å². The molecule has 29 heavy (non-hydrogen) atoms. The lowest BCUT2D eigenvalue weighted by atomic mass is 10.1. The molecule has 1 N–H and O–H groups in total. The summed E-state index contributed by atoms with van der Waals surface area (Å²) < 4.78 is 10.6. The third-order valence-corrected chi connectivity index (χ3v) is 4.55. The maximum absolute atomic E-state index is 12.8. The zero-order valence-electron chi connectivity index (χ0n) is 16.5. The highest BCUT2D eigenvalue weighted by Gasteiger charge is 2.17. The van der Waals surface area contributed by atoms with Gasteiger partial charge in [0.1, 0.15) is 12.4 Å². The number of para-hydroxylation sites is 1. The fraction of sp³-hybridized carbons (Fsp3) is 0.318. The van der Waals surface area contributed by atoms with Crippen LogP contribution in [0.4, 0.5) is 0 Å². The van der Waals surface area contributed by atoms with Gasteiger partial charge < -0.3 is 14.4 Å². The van der Waals surface area contributed by atoms with Crippen LogP contribution in [0.3, 0.4) is 0 Å². The lowest BCUT2D eigenvalue weighted by molar-refractivity contribution is 0.0965. The van der Waals surface area contributed by atoms with E-state index in [1.165, 1.54) is 5.56 Å². The molecular formula is C22H25N3O3S. The van der Waals surface area contributed by atoms with Crippen LogP contribution in [0.15, 0.2) is 54.6 Å². The molecule has 0 aliphatic carbocycles. The summed E-state index contributed by atoms with van der Waals surface area (Å²) in [5.74, 6) is 0.127. The number of rotatable bonds is 10. The van der Waals surface area contributed by atoms with Crippen LogP contribution in [-0.4, -0.2) is 49.3 Å². The molecule has 6 nitrogen and oxygen atoms in total. The number of nitrogens with one attached hydrogen (secondary N) is 1. The molecule has 2 rings (SSSR count). The number of benzene rings is 2. The minimum absolute atomic E-state index is 0.299. The lowest BCUT2D eigenvalue weighted by Crippen LogP contribution is -2.44. The van der Waals surface area contributed by atoms with Gasteiger partial charge in [-0.15, -0.1) is 0 Å². The van der Waals surface area contributed by atoms with Gasteiger partial charge in [-0.1, -0.05) is 42.5 Å². The smallest absolute Gasteiger partial charge is 0.261 e. The first-order chi connectivity index (χ1) is 14.2. The molecule has 0 saturated carbocycles. The topological polar surface area (TPSA) is 74.6 Å². The third kappa shape index (κ3) is 7.53. The van der Waals surface area contributed by atoms with E-state index in [0.29, 0.717) is 49.1 Å². The van der Waals surface area contributed by atoms with Gasteiger partial charge in [-0.25, -0.2) is 0 Å². The number of hydrogen-bond donors (Lipinski definition) is 1. The Kier molecular flexibility index (Phi) is 9.63. The van der Waals surface area contributed by atoms with Crippen LogP contribution in [0.25, 0.3) is 0 Å². The second-order valence-corrected chi connectivity index (χ2v) is 6.61. The normalized spacial score (nSPS) is 10.1. The Morgan fingerprint density at radius 1 is 1.10 bits per heavy atom. The summed E-state index contributed by atoms with van der Waals surface area (Å²) in [4.78, 5) is 14.6. The molecule has 1 amide bonds. The summed E-state index contributed by atoms with van der Waals surface area (Å²) >= 11 is 5.45. The highest BCUT2D eigenvalue weighted by molar-refractivity contribution is 7.80. The molecule has 7 heteroatoms. The first kappa shape index (κ1) is 22.3.